The fourth-order valence-corrected chi connectivity index (χ4v) is 4.88. The molecule has 1 saturated heterocycles. The fourth-order valence-electron chi connectivity index (χ4n) is 2.82. The minimum atomic E-state index is -2.83. The van der Waals surface area contributed by atoms with Crippen LogP contribution in [0.4, 0.5) is 0 Å². The first-order valence-corrected chi connectivity index (χ1v) is 10.6. The molecule has 0 radical (unpaired) electrons. The molecule has 2 aliphatic rings. The molecule has 5 nitrogen and oxygen atoms in total. The van der Waals surface area contributed by atoms with E-state index in [1.54, 1.807) is 0 Å². The zero-order valence-electron chi connectivity index (χ0n) is 14.3. The van der Waals surface area contributed by atoms with E-state index in [1.807, 2.05) is 25.1 Å². The second kappa shape index (κ2) is 8.90. The van der Waals surface area contributed by atoms with Crippen molar-refractivity contribution in [2.24, 2.45) is 10.9 Å². The second-order valence-corrected chi connectivity index (χ2v) is 9.47. The zero-order chi connectivity index (χ0) is 17.2. The van der Waals surface area contributed by atoms with Crippen molar-refractivity contribution in [3.63, 3.8) is 0 Å². The molecular weight excluding hydrogens is 473 g/mol. The Morgan fingerprint density at radius 2 is 2.08 bits per heavy atom. The summed E-state index contributed by atoms with van der Waals surface area (Å²) in [5, 5.41) is 7.43. The maximum absolute atomic E-state index is 11.6. The van der Waals surface area contributed by atoms with E-state index in [1.165, 1.54) is 0 Å². The number of sulfone groups is 1. The van der Waals surface area contributed by atoms with Gasteiger partial charge in [-0.2, -0.15) is 0 Å². The summed E-state index contributed by atoms with van der Waals surface area (Å²) in [6.45, 7) is 3.25. The van der Waals surface area contributed by atoms with Gasteiger partial charge in [0.1, 0.15) is 0 Å². The Labute approximate surface area is 172 Å². The quantitative estimate of drug-likeness (QED) is 0.373. The maximum Gasteiger partial charge on any atom is 0.191 e. The third-order valence-electron chi connectivity index (χ3n) is 4.52. The number of halogens is 2. The van der Waals surface area contributed by atoms with Crippen molar-refractivity contribution in [2.75, 3.05) is 18.1 Å². The molecule has 140 valence electrons. The van der Waals surface area contributed by atoms with E-state index >= 15 is 0 Å². The van der Waals surface area contributed by atoms with Crippen LogP contribution in [0.25, 0.3) is 0 Å². The summed E-state index contributed by atoms with van der Waals surface area (Å²) in [6, 6.07) is 6.31. The van der Waals surface area contributed by atoms with Gasteiger partial charge in [-0.1, -0.05) is 17.7 Å². The van der Waals surface area contributed by atoms with Crippen molar-refractivity contribution in [3.8, 4) is 0 Å². The van der Waals surface area contributed by atoms with Gasteiger partial charge in [-0.25, -0.2) is 13.4 Å². The van der Waals surface area contributed by atoms with E-state index < -0.39 is 9.84 Å². The number of aliphatic imine (C=N–C) groups is 1. The molecule has 8 heteroatoms. The van der Waals surface area contributed by atoms with E-state index in [9.17, 15) is 8.42 Å². The van der Waals surface area contributed by atoms with Gasteiger partial charge in [0.05, 0.1) is 18.1 Å². The molecule has 0 amide bonds. The largest absolute Gasteiger partial charge is 0.356 e. The number of rotatable bonds is 5. The van der Waals surface area contributed by atoms with Gasteiger partial charge < -0.3 is 10.6 Å². The van der Waals surface area contributed by atoms with Crippen molar-refractivity contribution in [2.45, 2.75) is 38.8 Å². The lowest BCUT2D eigenvalue weighted by atomic mass is 10.1. The summed E-state index contributed by atoms with van der Waals surface area (Å²) < 4.78 is 23.1. The summed E-state index contributed by atoms with van der Waals surface area (Å²) in [4.78, 5) is 4.66. The molecule has 3 rings (SSSR count). The Bertz CT molecular complexity index is 735. The van der Waals surface area contributed by atoms with Crippen LogP contribution in [-0.2, 0) is 16.4 Å². The highest BCUT2D eigenvalue weighted by molar-refractivity contribution is 14.0. The van der Waals surface area contributed by atoms with Crippen LogP contribution in [0.15, 0.2) is 23.2 Å². The topological polar surface area (TPSA) is 70.6 Å². The first-order valence-electron chi connectivity index (χ1n) is 8.41. The SMILES string of the molecule is Cc1ccc(Cl)cc1CN=C(NCC1CCS(=O)(=O)C1)NC1CC1.I. The van der Waals surface area contributed by atoms with Gasteiger partial charge in [-0.3, -0.25) is 0 Å². The first-order chi connectivity index (χ1) is 11.4. The standard InChI is InChI=1S/C17H24ClN3O2S.HI/c1-12-2-3-15(18)8-14(12)10-20-17(21-16-4-5-16)19-9-13-6-7-24(22,23)11-13;/h2-3,8,13,16H,4-7,9-11H2,1H3,(H2,19,20,21);1H. The lowest BCUT2D eigenvalue weighted by Gasteiger charge is -2.15. The van der Waals surface area contributed by atoms with E-state index in [2.05, 4.69) is 15.6 Å². The summed E-state index contributed by atoms with van der Waals surface area (Å²) >= 11 is 6.06. The number of hydrogen-bond donors (Lipinski definition) is 2. The maximum atomic E-state index is 11.6. The molecule has 1 unspecified atom stereocenters. The second-order valence-electron chi connectivity index (χ2n) is 6.80. The molecule has 0 aromatic heterocycles. The molecule has 1 atom stereocenters. The van der Waals surface area contributed by atoms with Crippen molar-refractivity contribution in [1.82, 2.24) is 10.6 Å². The predicted molar refractivity (Wildman–Crippen MR) is 114 cm³/mol. The summed E-state index contributed by atoms with van der Waals surface area (Å²) in [7, 11) is -2.83. The van der Waals surface area contributed by atoms with E-state index in [4.69, 9.17) is 11.6 Å². The van der Waals surface area contributed by atoms with Crippen LogP contribution in [0.1, 0.15) is 30.4 Å². The van der Waals surface area contributed by atoms with Crippen LogP contribution < -0.4 is 10.6 Å². The Balaban J connectivity index is 0.00000225. The molecule has 1 saturated carbocycles. The Morgan fingerprint density at radius 1 is 1.32 bits per heavy atom. The molecule has 1 aliphatic carbocycles. The lowest BCUT2D eigenvalue weighted by Crippen LogP contribution is -2.41. The van der Waals surface area contributed by atoms with Crippen LogP contribution in [-0.4, -0.2) is 38.5 Å². The molecule has 1 aromatic carbocycles. The number of aryl methyl sites for hydroxylation is 1. The van der Waals surface area contributed by atoms with Gasteiger partial charge >= 0.3 is 0 Å². The summed E-state index contributed by atoms with van der Waals surface area (Å²) in [5.41, 5.74) is 2.26. The van der Waals surface area contributed by atoms with E-state index in [0.717, 1.165) is 36.3 Å². The van der Waals surface area contributed by atoms with Crippen LogP contribution in [0, 0.1) is 12.8 Å². The van der Waals surface area contributed by atoms with Crippen molar-refractivity contribution in [3.05, 3.63) is 34.3 Å². The molecule has 25 heavy (non-hydrogen) atoms. The molecular formula is C17H25ClIN3O2S. The van der Waals surface area contributed by atoms with Gasteiger partial charge in [0, 0.05) is 17.6 Å². The van der Waals surface area contributed by atoms with Crippen LogP contribution in [0.2, 0.25) is 5.02 Å². The third-order valence-corrected chi connectivity index (χ3v) is 6.59. The number of nitrogens with zero attached hydrogens (tertiary/aromatic N) is 1. The minimum absolute atomic E-state index is 0. The molecule has 1 aromatic rings. The Kier molecular flexibility index (Phi) is 7.40. The van der Waals surface area contributed by atoms with Crippen LogP contribution in [0.3, 0.4) is 0 Å². The molecule has 2 fully saturated rings. The third kappa shape index (κ3) is 6.60. The smallest absolute Gasteiger partial charge is 0.191 e. The molecule has 2 N–H and O–H groups in total. The normalized spacial score (nSPS) is 22.3. The molecule has 0 bridgehead atoms. The Morgan fingerprint density at radius 3 is 2.72 bits per heavy atom. The molecule has 1 aliphatic heterocycles. The van der Waals surface area contributed by atoms with Crippen molar-refractivity contribution < 1.29 is 8.42 Å². The minimum Gasteiger partial charge on any atom is -0.356 e. The zero-order valence-corrected chi connectivity index (χ0v) is 18.2. The summed E-state index contributed by atoms with van der Waals surface area (Å²) in [6.07, 6.45) is 3.06. The monoisotopic (exact) mass is 497 g/mol. The van der Waals surface area contributed by atoms with Crippen molar-refractivity contribution in [1.29, 1.82) is 0 Å². The van der Waals surface area contributed by atoms with Gasteiger partial charge in [-0.05, 0) is 55.4 Å². The summed E-state index contributed by atoms with van der Waals surface area (Å²) in [5.74, 6) is 1.53. The van der Waals surface area contributed by atoms with Gasteiger partial charge in [0.2, 0.25) is 0 Å². The predicted octanol–water partition coefficient (Wildman–Crippen LogP) is 2.90. The highest BCUT2D eigenvalue weighted by Gasteiger charge is 2.28. The van der Waals surface area contributed by atoms with E-state index in [-0.39, 0.29) is 35.6 Å². The number of hydrogen-bond acceptors (Lipinski definition) is 3. The van der Waals surface area contributed by atoms with E-state index in [0.29, 0.717) is 29.9 Å². The Hall–Kier alpha value is -0.540. The highest BCUT2D eigenvalue weighted by atomic mass is 127. The molecule has 0 spiro atoms. The number of benzene rings is 1. The van der Waals surface area contributed by atoms with Gasteiger partial charge in [0.15, 0.2) is 15.8 Å². The molecule has 1 heterocycles. The average Bonchev–Trinajstić information content (AvgIpc) is 3.27. The van der Waals surface area contributed by atoms with Crippen LogP contribution in [0.5, 0.6) is 0 Å². The van der Waals surface area contributed by atoms with Crippen molar-refractivity contribution >= 4 is 51.4 Å². The van der Waals surface area contributed by atoms with Gasteiger partial charge in [-0.15, -0.1) is 24.0 Å². The highest BCUT2D eigenvalue weighted by Crippen LogP contribution is 2.20. The number of guanidine groups is 1. The number of nitrogens with one attached hydrogen (secondary N) is 2. The lowest BCUT2D eigenvalue weighted by molar-refractivity contribution is 0.566. The van der Waals surface area contributed by atoms with Crippen LogP contribution >= 0.6 is 35.6 Å². The fraction of sp³-hybridized carbons (Fsp3) is 0.588. The van der Waals surface area contributed by atoms with Gasteiger partial charge in [0.25, 0.3) is 0 Å². The first kappa shape index (κ1) is 20.8. The average molecular weight is 498 g/mol.